The zero-order chi connectivity index (χ0) is 14.3. The largest absolute Gasteiger partial charge is 0.465 e. The maximum Gasteiger partial charge on any atom is 0.328 e. The van der Waals surface area contributed by atoms with Crippen molar-refractivity contribution in [3.05, 3.63) is 35.0 Å². The van der Waals surface area contributed by atoms with Gasteiger partial charge in [0.25, 0.3) is 0 Å². The highest BCUT2D eigenvalue weighted by molar-refractivity contribution is 7.08. The van der Waals surface area contributed by atoms with Gasteiger partial charge in [-0.2, -0.15) is 11.3 Å². The third kappa shape index (κ3) is 3.04. The molecule has 0 aromatic carbocycles. The molecule has 0 saturated carbocycles. The minimum Gasteiger partial charge on any atom is -0.465 e. The predicted molar refractivity (Wildman–Crippen MR) is 74.1 cm³/mol. The van der Waals surface area contributed by atoms with E-state index in [1.165, 1.54) is 17.4 Å². The summed E-state index contributed by atoms with van der Waals surface area (Å²) in [7, 11) is 0. The van der Waals surface area contributed by atoms with Crippen molar-refractivity contribution in [2.24, 2.45) is 0 Å². The Kier molecular flexibility index (Phi) is 5.76. The number of thiophene rings is 1. The Morgan fingerprint density at radius 2 is 1.89 bits per heavy atom. The van der Waals surface area contributed by atoms with Crippen LogP contribution in [-0.2, 0) is 24.5 Å². The minimum absolute atomic E-state index is 0.154. The zero-order valence-corrected chi connectivity index (χ0v) is 12.0. The van der Waals surface area contributed by atoms with Gasteiger partial charge in [-0.25, -0.2) is 0 Å². The van der Waals surface area contributed by atoms with Gasteiger partial charge in [0.05, 0.1) is 13.2 Å². The number of hydrogen-bond donors (Lipinski definition) is 0. The van der Waals surface area contributed by atoms with Crippen LogP contribution in [0.25, 0.3) is 0 Å². The van der Waals surface area contributed by atoms with Gasteiger partial charge in [-0.3, -0.25) is 9.59 Å². The first-order valence-corrected chi connectivity index (χ1v) is 7.05. The number of ether oxygens (including phenoxy) is 2. The molecule has 0 radical (unpaired) electrons. The lowest BCUT2D eigenvalue weighted by atomic mass is 9.79. The second kappa shape index (κ2) is 7.09. The molecule has 5 heteroatoms. The molecule has 0 bridgehead atoms. The molecule has 0 amide bonds. The van der Waals surface area contributed by atoms with Crippen molar-refractivity contribution in [2.45, 2.75) is 25.7 Å². The average molecular weight is 282 g/mol. The lowest BCUT2D eigenvalue weighted by Gasteiger charge is -2.27. The van der Waals surface area contributed by atoms with Crippen molar-refractivity contribution in [3.63, 3.8) is 0 Å². The molecule has 0 aliphatic carbocycles. The van der Waals surface area contributed by atoms with E-state index in [9.17, 15) is 9.59 Å². The number of carbonyl (C=O) groups is 2. The summed E-state index contributed by atoms with van der Waals surface area (Å²) in [5, 5.41) is 3.57. The van der Waals surface area contributed by atoms with Crippen LogP contribution in [0.1, 0.15) is 25.8 Å². The number of carbonyl (C=O) groups excluding carboxylic acids is 2. The van der Waals surface area contributed by atoms with Gasteiger partial charge >= 0.3 is 11.9 Å². The number of allylic oxidation sites excluding steroid dienone is 1. The third-order valence-electron chi connectivity index (χ3n) is 2.71. The van der Waals surface area contributed by atoms with Crippen molar-refractivity contribution in [3.8, 4) is 0 Å². The molecule has 0 aliphatic heterocycles. The van der Waals surface area contributed by atoms with Crippen molar-refractivity contribution in [1.82, 2.24) is 0 Å². The van der Waals surface area contributed by atoms with Gasteiger partial charge in [-0.15, -0.1) is 6.58 Å². The molecule has 1 rings (SSSR count). The highest BCUT2D eigenvalue weighted by Crippen LogP contribution is 2.33. The molecule has 0 spiro atoms. The van der Waals surface area contributed by atoms with Gasteiger partial charge in [0.15, 0.2) is 5.41 Å². The van der Waals surface area contributed by atoms with Gasteiger partial charge in [-0.1, -0.05) is 6.08 Å². The highest BCUT2D eigenvalue weighted by Gasteiger charge is 2.49. The summed E-state index contributed by atoms with van der Waals surface area (Å²) in [5.41, 5.74) is -0.845. The van der Waals surface area contributed by atoms with E-state index in [2.05, 4.69) is 6.58 Å². The molecular formula is C14H18O4S. The van der Waals surface area contributed by atoms with E-state index in [1.807, 2.05) is 5.38 Å². The molecule has 0 aliphatic rings. The van der Waals surface area contributed by atoms with Crippen molar-refractivity contribution < 1.29 is 19.1 Å². The number of esters is 2. The van der Waals surface area contributed by atoms with Crippen LogP contribution in [0.5, 0.6) is 0 Å². The second-order valence-corrected chi connectivity index (χ2v) is 4.63. The van der Waals surface area contributed by atoms with E-state index in [0.29, 0.717) is 5.56 Å². The van der Waals surface area contributed by atoms with Crippen LogP contribution >= 0.6 is 11.3 Å². The topological polar surface area (TPSA) is 52.6 Å². The molecule has 1 aromatic heterocycles. The van der Waals surface area contributed by atoms with Crippen LogP contribution in [0.2, 0.25) is 0 Å². The monoisotopic (exact) mass is 282 g/mol. The minimum atomic E-state index is -1.44. The predicted octanol–water partition coefficient (Wildman–Crippen LogP) is 2.69. The summed E-state index contributed by atoms with van der Waals surface area (Å²) in [4.78, 5) is 24.6. The van der Waals surface area contributed by atoms with Crippen LogP contribution in [-0.4, -0.2) is 25.2 Å². The van der Waals surface area contributed by atoms with Crippen LogP contribution in [0, 0.1) is 0 Å². The van der Waals surface area contributed by atoms with Crippen molar-refractivity contribution in [1.29, 1.82) is 0 Å². The Hall–Kier alpha value is -1.62. The van der Waals surface area contributed by atoms with E-state index in [0.717, 1.165) is 0 Å². The first-order valence-electron chi connectivity index (χ1n) is 6.11. The molecular weight excluding hydrogens is 264 g/mol. The summed E-state index contributed by atoms with van der Waals surface area (Å²) in [5.74, 6) is -1.18. The maximum atomic E-state index is 12.3. The molecule has 0 atom stereocenters. The number of rotatable bonds is 7. The second-order valence-electron chi connectivity index (χ2n) is 3.85. The van der Waals surface area contributed by atoms with E-state index >= 15 is 0 Å². The van der Waals surface area contributed by atoms with E-state index in [4.69, 9.17) is 9.47 Å². The Bertz CT molecular complexity index is 418. The Balaban J connectivity index is 3.29. The van der Waals surface area contributed by atoms with Gasteiger partial charge < -0.3 is 9.47 Å². The standard InChI is InChI=1S/C14H18O4S/c1-4-8-14(12(15)17-5-2,13(16)18-6-3)11-7-9-19-10-11/h4,7,9-10H,1,5-6,8H2,2-3H3. The average Bonchev–Trinajstić information content (AvgIpc) is 2.90. The third-order valence-corrected chi connectivity index (χ3v) is 3.40. The first-order chi connectivity index (χ1) is 9.13. The fourth-order valence-electron chi connectivity index (χ4n) is 1.84. The Morgan fingerprint density at radius 1 is 1.32 bits per heavy atom. The molecule has 0 saturated heterocycles. The lowest BCUT2D eigenvalue weighted by Crippen LogP contribution is -2.45. The van der Waals surface area contributed by atoms with Gasteiger partial charge in [0.1, 0.15) is 0 Å². The van der Waals surface area contributed by atoms with Crippen LogP contribution in [0.3, 0.4) is 0 Å². The van der Waals surface area contributed by atoms with Crippen LogP contribution in [0.15, 0.2) is 29.5 Å². The van der Waals surface area contributed by atoms with Gasteiger partial charge in [0, 0.05) is 0 Å². The molecule has 104 valence electrons. The summed E-state index contributed by atoms with van der Waals surface area (Å²) < 4.78 is 10.1. The summed E-state index contributed by atoms with van der Waals surface area (Å²) in [6, 6.07) is 1.74. The van der Waals surface area contributed by atoms with Crippen LogP contribution in [0.4, 0.5) is 0 Å². The normalized spacial score (nSPS) is 10.8. The fourth-order valence-corrected chi connectivity index (χ4v) is 2.57. The van der Waals surface area contributed by atoms with Gasteiger partial charge in [0.2, 0.25) is 0 Å². The summed E-state index contributed by atoms with van der Waals surface area (Å²) >= 11 is 1.41. The molecule has 0 fully saturated rings. The fraction of sp³-hybridized carbons (Fsp3) is 0.429. The van der Waals surface area contributed by atoms with E-state index in [1.54, 1.807) is 25.3 Å². The summed E-state index contributed by atoms with van der Waals surface area (Å²) in [6.45, 7) is 7.45. The highest BCUT2D eigenvalue weighted by atomic mass is 32.1. The number of hydrogen-bond acceptors (Lipinski definition) is 5. The van der Waals surface area contributed by atoms with E-state index < -0.39 is 17.4 Å². The van der Waals surface area contributed by atoms with Gasteiger partial charge in [-0.05, 0) is 42.7 Å². The van der Waals surface area contributed by atoms with Crippen LogP contribution < -0.4 is 0 Å². The quantitative estimate of drug-likeness (QED) is 0.438. The SMILES string of the molecule is C=CCC(C(=O)OCC)(C(=O)OCC)c1ccsc1. The molecule has 19 heavy (non-hydrogen) atoms. The molecule has 4 nitrogen and oxygen atoms in total. The first kappa shape index (κ1) is 15.4. The zero-order valence-electron chi connectivity index (χ0n) is 11.2. The molecule has 0 unspecified atom stereocenters. The maximum absolute atomic E-state index is 12.3. The lowest BCUT2D eigenvalue weighted by molar-refractivity contribution is -0.164. The summed E-state index contributed by atoms with van der Waals surface area (Å²) in [6.07, 6.45) is 1.69. The molecule has 1 aromatic rings. The van der Waals surface area contributed by atoms with E-state index in [-0.39, 0.29) is 19.6 Å². The molecule has 1 heterocycles. The van der Waals surface area contributed by atoms with Crippen molar-refractivity contribution >= 4 is 23.3 Å². The Morgan fingerprint density at radius 3 is 2.26 bits per heavy atom. The molecule has 0 N–H and O–H groups in total. The smallest absolute Gasteiger partial charge is 0.328 e. The van der Waals surface area contributed by atoms with Crippen molar-refractivity contribution in [2.75, 3.05) is 13.2 Å². The Labute approximate surface area is 117 Å².